The average molecular weight is 335 g/mol. The molecule has 2 rings (SSSR count). The van der Waals surface area contributed by atoms with E-state index in [0.717, 1.165) is 0 Å². The van der Waals surface area contributed by atoms with Crippen LogP contribution in [0.15, 0.2) is 47.5 Å². The fraction of sp³-hybridized carbons (Fsp3) is 0.176. The third-order valence-corrected chi connectivity index (χ3v) is 3.43. The largest absolute Gasteiger partial charge is 0.507 e. The molecule has 0 saturated carbocycles. The summed E-state index contributed by atoms with van der Waals surface area (Å²) in [4.78, 5) is 15.2. The lowest BCUT2D eigenvalue weighted by Gasteiger charge is -2.10. The number of amides is 1. The third kappa shape index (κ3) is 4.79. The van der Waals surface area contributed by atoms with Gasteiger partial charge in [0.2, 0.25) is 5.91 Å². The summed E-state index contributed by atoms with van der Waals surface area (Å²) in [5.74, 6) is -0.951. The molecule has 0 radical (unpaired) electrons. The quantitative estimate of drug-likeness (QED) is 0.628. The molecule has 1 amide bonds. The summed E-state index contributed by atoms with van der Waals surface area (Å²) in [5.41, 5.74) is 6.51. The highest BCUT2D eigenvalue weighted by molar-refractivity contribution is 6.30. The van der Waals surface area contributed by atoms with E-state index in [0.29, 0.717) is 29.3 Å². The van der Waals surface area contributed by atoms with Crippen LogP contribution >= 0.6 is 11.6 Å². The number of hydrogen-bond acceptors (Lipinski definition) is 3. The Kier molecular flexibility index (Phi) is 5.71. The number of carbonyl (C=O) groups is 1. The van der Waals surface area contributed by atoms with Crippen LogP contribution in [-0.4, -0.2) is 23.3 Å². The second-order valence-corrected chi connectivity index (χ2v) is 5.40. The maximum Gasteiger partial charge on any atom is 0.217 e. The van der Waals surface area contributed by atoms with Crippen LogP contribution in [0.3, 0.4) is 0 Å². The van der Waals surface area contributed by atoms with Gasteiger partial charge in [0.25, 0.3) is 0 Å². The molecular weight excluding hydrogens is 319 g/mol. The number of benzene rings is 2. The van der Waals surface area contributed by atoms with Gasteiger partial charge in [0.15, 0.2) is 0 Å². The molecule has 6 heteroatoms. The Morgan fingerprint density at radius 1 is 1.22 bits per heavy atom. The first kappa shape index (κ1) is 17.0. The van der Waals surface area contributed by atoms with Crippen LogP contribution in [0.2, 0.25) is 5.02 Å². The number of phenolic OH excluding ortho intramolecular Hbond substituents is 1. The number of aliphatic imine (C=N–C) groups is 1. The number of carbonyl (C=O) groups excluding carboxylic acids is 1. The van der Waals surface area contributed by atoms with Crippen molar-refractivity contribution in [3.63, 3.8) is 0 Å². The van der Waals surface area contributed by atoms with Crippen LogP contribution in [0, 0.1) is 5.82 Å². The minimum Gasteiger partial charge on any atom is -0.507 e. The zero-order valence-corrected chi connectivity index (χ0v) is 13.1. The molecule has 0 atom stereocenters. The predicted octanol–water partition coefficient (Wildman–Crippen LogP) is 3.29. The predicted molar refractivity (Wildman–Crippen MR) is 88.5 cm³/mol. The van der Waals surface area contributed by atoms with E-state index >= 15 is 0 Å². The molecule has 0 aromatic heterocycles. The van der Waals surface area contributed by atoms with Gasteiger partial charge in [0.1, 0.15) is 11.6 Å². The number of aromatic hydroxyl groups is 1. The fourth-order valence-corrected chi connectivity index (χ4v) is 2.21. The van der Waals surface area contributed by atoms with Crippen molar-refractivity contribution >= 4 is 23.2 Å². The molecule has 2 aromatic rings. The fourth-order valence-electron chi connectivity index (χ4n) is 2.08. The standard InChI is InChI=1S/C17H16ClFN2O2/c18-12-5-3-11(4-6-12)17(21-9-1-2-16(20)23)14-10-13(19)7-8-15(14)22/h3-8,10,22H,1-2,9H2,(H2,20,23). The summed E-state index contributed by atoms with van der Waals surface area (Å²) < 4.78 is 13.5. The number of halogens is 2. The molecule has 0 aliphatic heterocycles. The molecule has 0 heterocycles. The van der Waals surface area contributed by atoms with E-state index in [-0.39, 0.29) is 17.7 Å². The number of phenols is 1. The molecule has 0 bridgehead atoms. The number of hydrogen-bond donors (Lipinski definition) is 2. The number of nitrogens with zero attached hydrogens (tertiary/aromatic N) is 1. The van der Waals surface area contributed by atoms with Gasteiger partial charge in [-0.2, -0.15) is 0 Å². The highest BCUT2D eigenvalue weighted by Gasteiger charge is 2.13. The maximum atomic E-state index is 13.5. The highest BCUT2D eigenvalue weighted by atomic mass is 35.5. The van der Waals surface area contributed by atoms with E-state index in [4.69, 9.17) is 17.3 Å². The molecule has 3 N–H and O–H groups in total. The van der Waals surface area contributed by atoms with E-state index in [1.54, 1.807) is 24.3 Å². The van der Waals surface area contributed by atoms with Gasteiger partial charge in [-0.1, -0.05) is 23.7 Å². The van der Waals surface area contributed by atoms with Crippen LogP contribution in [0.5, 0.6) is 5.75 Å². The monoisotopic (exact) mass is 334 g/mol. The van der Waals surface area contributed by atoms with Gasteiger partial charge in [-0.3, -0.25) is 9.79 Å². The van der Waals surface area contributed by atoms with Crippen molar-refractivity contribution in [2.45, 2.75) is 12.8 Å². The topological polar surface area (TPSA) is 75.7 Å². The smallest absolute Gasteiger partial charge is 0.217 e. The zero-order valence-electron chi connectivity index (χ0n) is 12.3. The first-order valence-electron chi connectivity index (χ1n) is 7.05. The minimum atomic E-state index is -0.475. The van der Waals surface area contributed by atoms with Gasteiger partial charge >= 0.3 is 0 Å². The Morgan fingerprint density at radius 2 is 1.91 bits per heavy atom. The summed E-state index contributed by atoms with van der Waals surface area (Å²) in [5, 5.41) is 10.6. The molecule has 0 unspecified atom stereocenters. The van der Waals surface area contributed by atoms with Crippen molar-refractivity contribution in [1.82, 2.24) is 0 Å². The van der Waals surface area contributed by atoms with E-state index < -0.39 is 11.7 Å². The summed E-state index contributed by atoms with van der Waals surface area (Å²) in [7, 11) is 0. The lowest BCUT2D eigenvalue weighted by molar-refractivity contribution is -0.118. The lowest BCUT2D eigenvalue weighted by Crippen LogP contribution is -2.11. The summed E-state index contributed by atoms with van der Waals surface area (Å²) in [6, 6.07) is 10.5. The second kappa shape index (κ2) is 7.74. The van der Waals surface area contributed by atoms with Crippen molar-refractivity contribution in [3.8, 4) is 5.75 Å². The van der Waals surface area contributed by atoms with Gasteiger partial charge in [-0.05, 0) is 36.8 Å². The van der Waals surface area contributed by atoms with E-state index in [1.165, 1.54) is 18.2 Å². The molecule has 0 aliphatic carbocycles. The Labute approximate surface area is 138 Å². The molecule has 4 nitrogen and oxygen atoms in total. The van der Waals surface area contributed by atoms with Crippen molar-refractivity contribution < 1.29 is 14.3 Å². The first-order valence-corrected chi connectivity index (χ1v) is 7.43. The van der Waals surface area contributed by atoms with Gasteiger partial charge < -0.3 is 10.8 Å². The van der Waals surface area contributed by atoms with Gasteiger partial charge in [-0.25, -0.2) is 4.39 Å². The first-order chi connectivity index (χ1) is 11.0. The van der Waals surface area contributed by atoms with Crippen molar-refractivity contribution in [1.29, 1.82) is 0 Å². The van der Waals surface area contributed by atoms with Crippen molar-refractivity contribution in [2.24, 2.45) is 10.7 Å². The average Bonchev–Trinajstić information content (AvgIpc) is 2.51. The normalized spacial score (nSPS) is 11.5. The molecular formula is C17H16ClFN2O2. The molecule has 0 aliphatic rings. The maximum absolute atomic E-state index is 13.5. The molecule has 0 fully saturated rings. The van der Waals surface area contributed by atoms with Crippen LogP contribution in [0.4, 0.5) is 4.39 Å². The molecule has 0 saturated heterocycles. The van der Waals surface area contributed by atoms with Gasteiger partial charge in [0.05, 0.1) is 5.71 Å². The van der Waals surface area contributed by atoms with Crippen LogP contribution in [-0.2, 0) is 4.79 Å². The molecule has 23 heavy (non-hydrogen) atoms. The minimum absolute atomic E-state index is 0.0741. The van der Waals surface area contributed by atoms with Crippen LogP contribution in [0.1, 0.15) is 24.0 Å². The van der Waals surface area contributed by atoms with E-state index in [1.807, 2.05) is 0 Å². The summed E-state index contributed by atoms with van der Waals surface area (Å²) in [6.07, 6.45) is 0.690. The highest BCUT2D eigenvalue weighted by Crippen LogP contribution is 2.23. The van der Waals surface area contributed by atoms with E-state index in [2.05, 4.69) is 4.99 Å². The van der Waals surface area contributed by atoms with Crippen LogP contribution in [0.25, 0.3) is 0 Å². The van der Waals surface area contributed by atoms with Gasteiger partial charge in [-0.15, -0.1) is 0 Å². The number of rotatable bonds is 6. The summed E-state index contributed by atoms with van der Waals surface area (Å²) in [6.45, 7) is 0.330. The van der Waals surface area contributed by atoms with Crippen molar-refractivity contribution in [2.75, 3.05) is 6.54 Å². The molecule has 120 valence electrons. The number of primary amides is 1. The zero-order chi connectivity index (χ0) is 16.8. The van der Waals surface area contributed by atoms with E-state index in [9.17, 15) is 14.3 Å². The van der Waals surface area contributed by atoms with Gasteiger partial charge in [0, 0.05) is 29.1 Å². The SMILES string of the molecule is NC(=O)CCCN=C(c1ccc(Cl)cc1)c1cc(F)ccc1O. The molecule has 0 spiro atoms. The summed E-state index contributed by atoms with van der Waals surface area (Å²) >= 11 is 5.88. The second-order valence-electron chi connectivity index (χ2n) is 4.97. The van der Waals surface area contributed by atoms with Crippen molar-refractivity contribution in [3.05, 3.63) is 64.4 Å². The lowest BCUT2D eigenvalue weighted by atomic mass is 10.0. The third-order valence-electron chi connectivity index (χ3n) is 3.18. The Hall–Kier alpha value is -2.40. The van der Waals surface area contributed by atoms with Crippen LogP contribution < -0.4 is 5.73 Å². The Morgan fingerprint density at radius 3 is 2.57 bits per heavy atom. The molecule has 2 aromatic carbocycles. The Balaban J connectivity index is 2.38. The number of nitrogens with two attached hydrogens (primary N) is 1. The Bertz CT molecular complexity index is 730.